The fourth-order valence-electron chi connectivity index (χ4n) is 5.74. The first-order valence-electron chi connectivity index (χ1n) is 13.8. The Morgan fingerprint density at radius 3 is 2.43 bits per heavy atom. The van der Waals surface area contributed by atoms with E-state index in [2.05, 4.69) is 34.3 Å². The van der Waals surface area contributed by atoms with Crippen molar-refractivity contribution < 1.29 is 18.1 Å². The molecular formula is C33H31N3O5S. The summed E-state index contributed by atoms with van der Waals surface area (Å²) in [5.74, 6) is 1.05. The molecule has 4 aromatic rings. The van der Waals surface area contributed by atoms with E-state index in [1.54, 1.807) is 30.3 Å². The van der Waals surface area contributed by atoms with E-state index in [1.807, 2.05) is 44.2 Å². The lowest BCUT2D eigenvalue weighted by Crippen LogP contribution is -2.29. The molecule has 0 amide bonds. The van der Waals surface area contributed by atoms with Crippen molar-refractivity contribution in [1.82, 2.24) is 0 Å². The minimum Gasteiger partial charge on any atom is -0.489 e. The van der Waals surface area contributed by atoms with Crippen molar-refractivity contribution in [2.45, 2.75) is 43.7 Å². The first-order valence-corrected chi connectivity index (χ1v) is 15.3. The molecule has 0 radical (unpaired) electrons. The molecule has 0 bridgehead atoms. The van der Waals surface area contributed by atoms with Gasteiger partial charge in [-0.2, -0.15) is 0 Å². The van der Waals surface area contributed by atoms with Gasteiger partial charge < -0.3 is 10.1 Å². The number of hydrogen-bond donors (Lipinski definition) is 2. The third-order valence-corrected chi connectivity index (χ3v) is 9.57. The highest BCUT2D eigenvalue weighted by molar-refractivity contribution is 7.92. The normalized spacial score (nSPS) is 19.0. The maximum atomic E-state index is 13.3. The van der Waals surface area contributed by atoms with E-state index >= 15 is 0 Å². The van der Waals surface area contributed by atoms with Gasteiger partial charge in [-0.15, -0.1) is 0 Å². The van der Waals surface area contributed by atoms with Crippen LogP contribution in [0.1, 0.15) is 46.2 Å². The standard InChI is InChI=1S/C33H31N3O5S/c1-21-6-11-25(18-22(21)2)35-42(39,40)28-16-17-32-31(19-28)29-4-3-5-30(29)33(34-32)24-9-14-27(15-10-24)41-20-23-7-12-26(13-8-23)36(37)38/h3-4,6-19,29-30,33-35H,5,20H2,1-2H3/t29-,30+,33+/m0/s1. The molecule has 0 unspecified atom stereocenters. The van der Waals surface area contributed by atoms with Crippen molar-refractivity contribution in [3.05, 3.63) is 135 Å². The lowest BCUT2D eigenvalue weighted by atomic mass is 9.77. The fraction of sp³-hybridized carbons (Fsp3) is 0.212. The van der Waals surface area contributed by atoms with Crippen molar-refractivity contribution in [3.8, 4) is 5.75 Å². The number of aryl methyl sites for hydroxylation is 2. The summed E-state index contributed by atoms with van der Waals surface area (Å²) in [5, 5.41) is 14.5. The maximum absolute atomic E-state index is 13.3. The zero-order valence-corrected chi connectivity index (χ0v) is 24.1. The van der Waals surface area contributed by atoms with E-state index in [4.69, 9.17) is 4.74 Å². The molecule has 0 fully saturated rings. The summed E-state index contributed by atoms with van der Waals surface area (Å²) in [4.78, 5) is 10.7. The summed E-state index contributed by atoms with van der Waals surface area (Å²) in [6.07, 6.45) is 5.25. The molecule has 1 aliphatic heterocycles. The zero-order valence-electron chi connectivity index (χ0n) is 23.3. The van der Waals surface area contributed by atoms with Gasteiger partial charge in [-0.3, -0.25) is 14.8 Å². The summed E-state index contributed by atoms with van der Waals surface area (Å²) in [6.45, 7) is 4.27. The molecule has 2 aliphatic rings. The molecule has 0 spiro atoms. The largest absolute Gasteiger partial charge is 0.489 e. The van der Waals surface area contributed by atoms with E-state index < -0.39 is 14.9 Å². The number of anilines is 2. The highest BCUT2D eigenvalue weighted by atomic mass is 32.2. The molecule has 1 aliphatic carbocycles. The van der Waals surface area contributed by atoms with Crippen LogP contribution in [0.25, 0.3) is 0 Å². The molecule has 0 saturated heterocycles. The van der Waals surface area contributed by atoms with Gasteiger partial charge in [0, 0.05) is 29.4 Å². The predicted molar refractivity (Wildman–Crippen MR) is 163 cm³/mol. The van der Waals surface area contributed by atoms with Crippen molar-refractivity contribution in [3.63, 3.8) is 0 Å². The minimum atomic E-state index is -3.75. The Hall–Kier alpha value is -4.63. The SMILES string of the molecule is Cc1ccc(NS(=O)(=O)c2ccc3c(c2)[C@H]2C=CC[C@H]2[C@@H](c2ccc(OCc4ccc([N+](=O)[O-])cc4)cc2)N3)cc1C. The molecule has 6 rings (SSSR count). The number of nitrogens with zero attached hydrogens (tertiary/aromatic N) is 1. The van der Waals surface area contributed by atoms with E-state index in [1.165, 1.54) is 12.1 Å². The molecule has 3 atom stereocenters. The van der Waals surface area contributed by atoms with Crippen LogP contribution in [0.15, 0.2) is 102 Å². The smallest absolute Gasteiger partial charge is 0.269 e. The number of nitro benzene ring substituents is 1. The van der Waals surface area contributed by atoms with Crippen molar-refractivity contribution >= 4 is 27.1 Å². The average Bonchev–Trinajstić information content (AvgIpc) is 3.48. The van der Waals surface area contributed by atoms with Crippen molar-refractivity contribution in [2.75, 3.05) is 10.0 Å². The predicted octanol–water partition coefficient (Wildman–Crippen LogP) is 7.42. The lowest BCUT2D eigenvalue weighted by molar-refractivity contribution is -0.384. The molecule has 0 saturated carbocycles. The first kappa shape index (κ1) is 27.5. The second-order valence-electron chi connectivity index (χ2n) is 10.9. The number of non-ortho nitro benzene ring substituents is 1. The topological polar surface area (TPSA) is 111 Å². The van der Waals surface area contributed by atoms with Gasteiger partial charge in [-0.1, -0.05) is 30.4 Å². The molecule has 4 aromatic carbocycles. The highest BCUT2D eigenvalue weighted by Crippen LogP contribution is 2.50. The number of benzene rings is 4. The first-order chi connectivity index (χ1) is 20.2. The van der Waals surface area contributed by atoms with Crippen molar-refractivity contribution in [2.24, 2.45) is 5.92 Å². The highest BCUT2D eigenvalue weighted by Gasteiger charge is 2.38. The molecule has 1 heterocycles. The number of fused-ring (bicyclic) bond motifs is 3. The lowest BCUT2D eigenvalue weighted by Gasteiger charge is -2.37. The Bertz CT molecular complexity index is 1780. The van der Waals surface area contributed by atoms with Crippen LogP contribution in [-0.4, -0.2) is 13.3 Å². The Balaban J connectivity index is 1.18. The summed E-state index contributed by atoms with van der Waals surface area (Å²) < 4.78 is 35.2. The molecular weight excluding hydrogens is 550 g/mol. The second-order valence-corrected chi connectivity index (χ2v) is 12.6. The van der Waals surface area contributed by atoms with Gasteiger partial charge in [0.15, 0.2) is 0 Å². The van der Waals surface area contributed by atoms with Crippen LogP contribution in [0.2, 0.25) is 0 Å². The monoisotopic (exact) mass is 581 g/mol. The number of hydrogen-bond acceptors (Lipinski definition) is 6. The Morgan fingerprint density at radius 1 is 0.952 bits per heavy atom. The Labute approximate surface area is 245 Å². The second kappa shape index (κ2) is 11.0. The van der Waals surface area contributed by atoms with Gasteiger partial charge in [0.2, 0.25) is 0 Å². The van der Waals surface area contributed by atoms with Crippen LogP contribution >= 0.6 is 0 Å². The average molecular weight is 582 g/mol. The van der Waals surface area contributed by atoms with Crippen molar-refractivity contribution in [1.29, 1.82) is 0 Å². The molecule has 8 nitrogen and oxygen atoms in total. The van der Waals surface area contributed by atoms with Gasteiger partial charge >= 0.3 is 0 Å². The summed E-state index contributed by atoms with van der Waals surface area (Å²) in [6, 6.07) is 25.2. The van der Waals surface area contributed by atoms with E-state index in [0.717, 1.165) is 39.9 Å². The molecule has 214 valence electrons. The van der Waals surface area contributed by atoms with Gasteiger partial charge in [-0.05, 0) is 109 Å². The van der Waals surface area contributed by atoms with Crippen LogP contribution < -0.4 is 14.8 Å². The van der Waals surface area contributed by atoms with E-state index in [9.17, 15) is 18.5 Å². The number of allylic oxidation sites excluding steroid dienone is 2. The van der Waals surface area contributed by atoms with Crippen LogP contribution in [0.4, 0.5) is 17.1 Å². The quantitative estimate of drug-likeness (QED) is 0.127. The third kappa shape index (κ3) is 5.47. The molecule has 42 heavy (non-hydrogen) atoms. The molecule has 9 heteroatoms. The molecule has 2 N–H and O–H groups in total. The number of ether oxygens (including phenoxy) is 1. The van der Waals surface area contributed by atoms with Crippen LogP contribution in [0.5, 0.6) is 5.75 Å². The van der Waals surface area contributed by atoms with Crippen LogP contribution in [-0.2, 0) is 16.6 Å². The molecule has 0 aromatic heterocycles. The van der Waals surface area contributed by atoms with Gasteiger partial charge in [0.25, 0.3) is 15.7 Å². The van der Waals surface area contributed by atoms with E-state index in [0.29, 0.717) is 18.0 Å². The van der Waals surface area contributed by atoms with Crippen LogP contribution in [0, 0.1) is 29.9 Å². The Morgan fingerprint density at radius 2 is 1.71 bits per heavy atom. The fourth-order valence-corrected chi connectivity index (χ4v) is 6.83. The third-order valence-electron chi connectivity index (χ3n) is 8.20. The Kier molecular flexibility index (Phi) is 7.20. The minimum absolute atomic E-state index is 0.0520. The number of rotatable bonds is 8. The van der Waals surface area contributed by atoms with Gasteiger partial charge in [0.1, 0.15) is 12.4 Å². The number of nitro groups is 1. The van der Waals surface area contributed by atoms with Crippen LogP contribution in [0.3, 0.4) is 0 Å². The van der Waals surface area contributed by atoms with Gasteiger partial charge in [0.05, 0.1) is 15.9 Å². The summed E-state index contributed by atoms with van der Waals surface area (Å²) in [7, 11) is -3.75. The maximum Gasteiger partial charge on any atom is 0.269 e. The van der Waals surface area contributed by atoms with Gasteiger partial charge in [-0.25, -0.2) is 8.42 Å². The summed E-state index contributed by atoms with van der Waals surface area (Å²) >= 11 is 0. The number of nitrogens with one attached hydrogen (secondary N) is 2. The zero-order chi connectivity index (χ0) is 29.4. The number of sulfonamides is 1. The summed E-state index contributed by atoms with van der Waals surface area (Å²) in [5.41, 5.74) is 6.61. The van der Waals surface area contributed by atoms with E-state index in [-0.39, 0.29) is 28.5 Å².